The van der Waals surface area contributed by atoms with Gasteiger partial charge in [-0.3, -0.25) is 0 Å². The molecule has 0 radical (unpaired) electrons. The molecule has 1 heterocycles. The van der Waals surface area contributed by atoms with Gasteiger partial charge in [-0.1, -0.05) is 12.2 Å². The Bertz CT molecular complexity index is 636. The summed E-state index contributed by atoms with van der Waals surface area (Å²) < 4.78 is 36.3. The number of aromatic nitrogens is 2. The Hall–Kier alpha value is -1.85. The lowest BCUT2D eigenvalue weighted by atomic mass is 9.97. The van der Waals surface area contributed by atoms with Crippen molar-refractivity contribution < 1.29 is 13.2 Å². The molecule has 1 aliphatic carbocycles. The first-order valence-corrected chi connectivity index (χ1v) is 9.15. The van der Waals surface area contributed by atoms with Crippen molar-refractivity contribution in [1.29, 1.82) is 0 Å². The van der Waals surface area contributed by atoms with E-state index in [9.17, 15) is 13.2 Å². The normalized spacial score (nSPS) is 20.1. The molecule has 11 heteroatoms. The topological polar surface area (TPSA) is 100 Å². The molecule has 0 amide bonds. The van der Waals surface area contributed by atoms with Crippen LogP contribution in [0.15, 0.2) is 29.4 Å². The summed E-state index contributed by atoms with van der Waals surface area (Å²) in [6, 6.07) is 2.27. The molecule has 0 fully saturated rings. The molecule has 1 aromatic heterocycles. The van der Waals surface area contributed by atoms with Crippen LogP contribution in [0.1, 0.15) is 5.82 Å². The average Bonchev–Trinajstić information content (AvgIpc) is 2.55. The zero-order valence-corrected chi connectivity index (χ0v) is 15.1. The van der Waals surface area contributed by atoms with Crippen molar-refractivity contribution in [3.63, 3.8) is 0 Å². The monoisotopic (exact) mass is 389 g/mol. The number of nitrogens with zero attached hydrogens (tertiary/aromatic N) is 3. The van der Waals surface area contributed by atoms with Gasteiger partial charge in [0.1, 0.15) is 18.2 Å². The number of guanidine groups is 1. The van der Waals surface area contributed by atoms with Crippen LogP contribution >= 0.6 is 11.8 Å². The maximum absolute atomic E-state index is 12.1. The zero-order valence-electron chi connectivity index (χ0n) is 14.3. The molecule has 26 heavy (non-hydrogen) atoms. The standard InChI is InChI=1S/C15H22F3N7S/c1-20-10-2-3-11(10)21-6-7-26-8-13-22-5-4-12(24-13)25-14(19)23-9-15(16,17)18/h2-5,10-11,20-21H,6-9H2,1H3,(H3,19,22,23,24,25). The molecule has 0 spiro atoms. The second-order valence-corrected chi connectivity index (χ2v) is 6.64. The van der Waals surface area contributed by atoms with Gasteiger partial charge >= 0.3 is 6.18 Å². The maximum Gasteiger partial charge on any atom is 0.408 e. The summed E-state index contributed by atoms with van der Waals surface area (Å²) in [7, 11) is 1.93. The first-order valence-electron chi connectivity index (χ1n) is 8.00. The van der Waals surface area contributed by atoms with Gasteiger partial charge in [0.15, 0.2) is 5.96 Å². The smallest absolute Gasteiger partial charge is 0.370 e. The first-order chi connectivity index (χ1) is 12.4. The van der Waals surface area contributed by atoms with Crippen LogP contribution in [0.25, 0.3) is 0 Å². The minimum absolute atomic E-state index is 0.314. The highest BCUT2D eigenvalue weighted by atomic mass is 32.2. The van der Waals surface area contributed by atoms with Gasteiger partial charge < -0.3 is 21.7 Å². The van der Waals surface area contributed by atoms with E-state index in [4.69, 9.17) is 5.73 Å². The summed E-state index contributed by atoms with van der Waals surface area (Å²) in [6.07, 6.45) is 1.36. The number of likely N-dealkylation sites (N-methyl/N-ethyl adjacent to an activating group) is 1. The van der Waals surface area contributed by atoms with Crippen molar-refractivity contribution in [3.8, 4) is 0 Å². The fraction of sp³-hybridized carbons (Fsp3) is 0.533. The van der Waals surface area contributed by atoms with Gasteiger partial charge in [-0.05, 0) is 13.1 Å². The highest BCUT2D eigenvalue weighted by molar-refractivity contribution is 7.98. The van der Waals surface area contributed by atoms with Gasteiger partial charge in [0.25, 0.3) is 0 Å². The van der Waals surface area contributed by atoms with Crippen molar-refractivity contribution in [3.05, 3.63) is 30.2 Å². The van der Waals surface area contributed by atoms with E-state index >= 15 is 0 Å². The Morgan fingerprint density at radius 2 is 2.12 bits per heavy atom. The number of rotatable bonds is 9. The highest BCUT2D eigenvalue weighted by Crippen LogP contribution is 2.15. The van der Waals surface area contributed by atoms with Gasteiger partial charge in [-0.25, -0.2) is 15.0 Å². The van der Waals surface area contributed by atoms with Gasteiger partial charge in [-0.2, -0.15) is 24.9 Å². The fourth-order valence-corrected chi connectivity index (χ4v) is 2.88. The number of nitrogens with one attached hydrogen (secondary N) is 3. The number of hydrogen-bond donors (Lipinski definition) is 4. The predicted octanol–water partition coefficient (Wildman–Crippen LogP) is 1.11. The minimum Gasteiger partial charge on any atom is -0.370 e. The van der Waals surface area contributed by atoms with Crippen LogP contribution in [0.4, 0.5) is 19.0 Å². The lowest BCUT2D eigenvalue weighted by molar-refractivity contribution is -0.118. The Morgan fingerprint density at radius 1 is 1.35 bits per heavy atom. The molecule has 2 atom stereocenters. The van der Waals surface area contributed by atoms with Crippen LogP contribution in [0, 0.1) is 0 Å². The van der Waals surface area contributed by atoms with Crippen LogP contribution in [0.2, 0.25) is 0 Å². The van der Waals surface area contributed by atoms with Gasteiger partial charge in [0, 0.05) is 30.6 Å². The summed E-state index contributed by atoms with van der Waals surface area (Å²) in [5.74, 6) is 2.02. The summed E-state index contributed by atoms with van der Waals surface area (Å²) in [5.41, 5.74) is 5.43. The summed E-state index contributed by atoms with van der Waals surface area (Å²) in [4.78, 5) is 11.6. The summed E-state index contributed by atoms with van der Waals surface area (Å²) in [6.45, 7) is -0.482. The quantitative estimate of drug-likeness (QED) is 0.217. The molecule has 0 aromatic carbocycles. The largest absolute Gasteiger partial charge is 0.408 e. The summed E-state index contributed by atoms with van der Waals surface area (Å²) >= 11 is 1.66. The average molecular weight is 389 g/mol. The lowest BCUT2D eigenvalue weighted by Crippen LogP contribution is -2.50. The second-order valence-electron chi connectivity index (χ2n) is 5.53. The Kier molecular flexibility index (Phi) is 7.66. The zero-order chi connectivity index (χ0) is 19.0. The molecule has 5 N–H and O–H groups in total. The van der Waals surface area contributed by atoms with Crippen LogP contribution in [0.3, 0.4) is 0 Å². The third-order valence-electron chi connectivity index (χ3n) is 3.49. The van der Waals surface area contributed by atoms with Crippen molar-refractivity contribution in [1.82, 2.24) is 20.6 Å². The number of aliphatic imine (C=N–C) groups is 1. The Labute approximate surface area is 154 Å². The van der Waals surface area contributed by atoms with E-state index in [0.29, 0.717) is 29.5 Å². The van der Waals surface area contributed by atoms with Crippen molar-refractivity contribution in [2.45, 2.75) is 24.0 Å². The van der Waals surface area contributed by atoms with E-state index in [0.717, 1.165) is 12.3 Å². The minimum atomic E-state index is -4.39. The van der Waals surface area contributed by atoms with Crippen molar-refractivity contribution >= 4 is 23.5 Å². The molecule has 0 bridgehead atoms. The molecule has 7 nitrogen and oxygen atoms in total. The third-order valence-corrected chi connectivity index (χ3v) is 4.45. The number of halogens is 3. The van der Waals surface area contributed by atoms with E-state index in [1.54, 1.807) is 11.8 Å². The molecule has 1 aromatic rings. The molecular formula is C15H22F3N7S. The fourth-order valence-electron chi connectivity index (χ4n) is 2.15. The van der Waals surface area contributed by atoms with Crippen LogP contribution in [-0.4, -0.2) is 60.1 Å². The Balaban J connectivity index is 1.70. The van der Waals surface area contributed by atoms with E-state index in [1.165, 1.54) is 12.3 Å². The molecule has 144 valence electrons. The third kappa shape index (κ3) is 7.18. The van der Waals surface area contributed by atoms with Gasteiger partial charge in [-0.15, -0.1) is 0 Å². The van der Waals surface area contributed by atoms with E-state index in [2.05, 4.69) is 43.1 Å². The first kappa shape index (κ1) is 20.5. The second kappa shape index (κ2) is 9.74. The molecule has 2 rings (SSSR count). The number of thioether (sulfide) groups is 1. The number of nitrogens with two attached hydrogens (primary N) is 1. The lowest BCUT2D eigenvalue weighted by Gasteiger charge is -2.29. The van der Waals surface area contributed by atoms with Gasteiger partial charge in [0.2, 0.25) is 0 Å². The molecule has 2 unspecified atom stereocenters. The van der Waals surface area contributed by atoms with Crippen molar-refractivity contribution in [2.24, 2.45) is 10.7 Å². The predicted molar refractivity (Wildman–Crippen MR) is 98.1 cm³/mol. The highest BCUT2D eigenvalue weighted by Gasteiger charge is 2.26. The van der Waals surface area contributed by atoms with Crippen LogP contribution in [-0.2, 0) is 5.75 Å². The molecule has 1 aliphatic rings. The number of alkyl halides is 3. The SMILES string of the molecule is CNC1C=CC1NCCSCc1nccc(NC(N)=NCC(F)(F)F)n1. The Morgan fingerprint density at radius 3 is 2.77 bits per heavy atom. The number of hydrogen-bond acceptors (Lipinski definition) is 6. The molecule has 0 aliphatic heterocycles. The van der Waals surface area contributed by atoms with Gasteiger partial charge in [0.05, 0.1) is 5.75 Å². The molecule has 0 saturated carbocycles. The van der Waals surface area contributed by atoms with Crippen LogP contribution in [0.5, 0.6) is 0 Å². The van der Waals surface area contributed by atoms with E-state index < -0.39 is 12.7 Å². The van der Waals surface area contributed by atoms with E-state index in [-0.39, 0.29) is 5.96 Å². The molecule has 0 saturated heterocycles. The van der Waals surface area contributed by atoms with Crippen LogP contribution < -0.4 is 21.7 Å². The molecular weight excluding hydrogens is 367 g/mol. The van der Waals surface area contributed by atoms with Crippen molar-refractivity contribution in [2.75, 3.05) is 31.2 Å². The van der Waals surface area contributed by atoms with E-state index in [1.807, 2.05) is 7.05 Å². The maximum atomic E-state index is 12.1. The summed E-state index contributed by atoms with van der Waals surface area (Å²) in [5, 5.41) is 9.15. The number of anilines is 1.